The lowest BCUT2D eigenvalue weighted by Gasteiger charge is -2.32. The van der Waals surface area contributed by atoms with Crippen LogP contribution in [0.1, 0.15) is 24.6 Å². The number of nitrogens with zero attached hydrogens (tertiary/aromatic N) is 4. The number of hydrogen-bond donors (Lipinski definition) is 0. The lowest BCUT2D eigenvalue weighted by Crippen LogP contribution is -2.40. The summed E-state index contributed by atoms with van der Waals surface area (Å²) in [5.41, 5.74) is 0.847. The first-order valence-electron chi connectivity index (χ1n) is 9.88. The van der Waals surface area contributed by atoms with Crippen molar-refractivity contribution in [3.63, 3.8) is 0 Å². The Morgan fingerprint density at radius 3 is 2.97 bits per heavy atom. The Morgan fingerprint density at radius 2 is 2.03 bits per heavy atom. The first-order chi connectivity index (χ1) is 14.3. The van der Waals surface area contributed by atoms with E-state index < -0.39 is 0 Å². The van der Waals surface area contributed by atoms with E-state index in [2.05, 4.69) is 10.2 Å². The highest BCUT2D eigenvalue weighted by atomic mass is 32.2. The molecule has 29 heavy (non-hydrogen) atoms. The van der Waals surface area contributed by atoms with Gasteiger partial charge >= 0.3 is 0 Å². The van der Waals surface area contributed by atoms with E-state index in [1.807, 2.05) is 51.9 Å². The molecule has 1 saturated heterocycles. The highest BCUT2D eigenvalue weighted by Crippen LogP contribution is 2.34. The molecule has 3 aromatic rings. The van der Waals surface area contributed by atoms with E-state index in [9.17, 15) is 4.79 Å². The second-order valence-corrected chi connectivity index (χ2v) is 8.31. The van der Waals surface area contributed by atoms with Crippen LogP contribution in [-0.2, 0) is 4.79 Å². The third-order valence-corrected chi connectivity index (χ3v) is 6.33. The van der Waals surface area contributed by atoms with Gasteiger partial charge in [0.2, 0.25) is 5.91 Å². The molecule has 8 heteroatoms. The van der Waals surface area contributed by atoms with Crippen LogP contribution in [0.15, 0.2) is 47.5 Å². The van der Waals surface area contributed by atoms with Gasteiger partial charge in [-0.1, -0.05) is 6.07 Å². The maximum atomic E-state index is 12.8. The Labute approximate surface area is 173 Å². The van der Waals surface area contributed by atoms with Crippen LogP contribution in [0.5, 0.6) is 11.5 Å². The lowest BCUT2D eigenvalue weighted by molar-refractivity contribution is -0.129. The van der Waals surface area contributed by atoms with Crippen LogP contribution >= 0.6 is 11.8 Å². The Morgan fingerprint density at radius 1 is 1.14 bits per heavy atom. The number of carbonyl (C=O) groups excluding carboxylic acids is 1. The van der Waals surface area contributed by atoms with Gasteiger partial charge in [-0.25, -0.2) is 0 Å². The van der Waals surface area contributed by atoms with Gasteiger partial charge in [-0.15, -0.1) is 22.0 Å². The summed E-state index contributed by atoms with van der Waals surface area (Å²) < 4.78 is 13.2. The molecular weight excluding hydrogens is 388 g/mol. The van der Waals surface area contributed by atoms with Gasteiger partial charge in [0.05, 0.1) is 5.75 Å². The minimum atomic E-state index is 0.156. The Kier molecular flexibility index (Phi) is 5.01. The third-order valence-electron chi connectivity index (χ3n) is 5.36. The largest absolute Gasteiger partial charge is 0.486 e. The quantitative estimate of drug-likeness (QED) is 0.616. The predicted molar refractivity (Wildman–Crippen MR) is 110 cm³/mol. The number of benzene rings is 1. The normalized spacial score (nSPS) is 18.8. The average molecular weight is 410 g/mol. The molecule has 150 valence electrons. The Hall–Kier alpha value is -2.74. The number of aromatic nitrogens is 3. The fourth-order valence-corrected chi connectivity index (χ4v) is 4.73. The first kappa shape index (κ1) is 18.3. The number of hydrogen-bond acceptors (Lipinski definition) is 6. The highest BCUT2D eigenvalue weighted by molar-refractivity contribution is 8.00. The van der Waals surface area contributed by atoms with Gasteiger partial charge in [0.15, 0.2) is 17.1 Å². The number of amides is 1. The van der Waals surface area contributed by atoms with Gasteiger partial charge in [0.1, 0.15) is 19.0 Å². The smallest absolute Gasteiger partial charge is 0.232 e. The van der Waals surface area contributed by atoms with Gasteiger partial charge in [-0.3, -0.25) is 9.20 Å². The van der Waals surface area contributed by atoms with Gasteiger partial charge in [0.25, 0.3) is 0 Å². The number of fused-ring (bicyclic) bond motifs is 2. The molecular formula is C21H22N4O3S. The van der Waals surface area contributed by atoms with Gasteiger partial charge < -0.3 is 14.4 Å². The summed E-state index contributed by atoms with van der Waals surface area (Å²) in [6.45, 7) is 2.63. The third kappa shape index (κ3) is 3.76. The molecule has 2 aliphatic heterocycles. The molecule has 0 aliphatic carbocycles. The minimum Gasteiger partial charge on any atom is -0.486 e. The lowest BCUT2D eigenvalue weighted by atomic mass is 9.97. The van der Waals surface area contributed by atoms with Crippen molar-refractivity contribution in [2.45, 2.75) is 23.7 Å². The monoisotopic (exact) mass is 410 g/mol. The molecule has 1 aromatic carbocycles. The van der Waals surface area contributed by atoms with Crippen LogP contribution in [0.2, 0.25) is 0 Å². The number of piperidine rings is 1. The molecule has 4 heterocycles. The molecule has 0 bridgehead atoms. The molecule has 5 rings (SSSR count). The molecule has 7 nitrogen and oxygen atoms in total. The standard InChI is InChI=1S/C21H22N4O3S/c26-20(14-29-16-6-7-17-18(12-16)28-11-10-27-17)24-8-3-4-15(13-24)21-23-22-19-5-1-2-9-25(19)21/h1-2,5-7,9,12,15H,3-4,8,10-11,13-14H2. The molecule has 0 radical (unpaired) electrons. The number of ether oxygens (including phenoxy) is 2. The number of carbonyl (C=O) groups is 1. The number of rotatable bonds is 4. The van der Waals surface area contributed by atoms with Crippen LogP contribution in [0.25, 0.3) is 5.65 Å². The van der Waals surface area contributed by atoms with Gasteiger partial charge in [-0.2, -0.15) is 0 Å². The van der Waals surface area contributed by atoms with E-state index in [0.717, 1.165) is 47.3 Å². The SMILES string of the molecule is O=C(CSc1ccc2c(c1)OCCO2)N1CCCC(c2nnc3ccccn23)C1. The maximum Gasteiger partial charge on any atom is 0.232 e. The fraction of sp³-hybridized carbons (Fsp3) is 0.381. The van der Waals surface area contributed by atoms with E-state index in [-0.39, 0.29) is 11.8 Å². The molecule has 1 amide bonds. The van der Waals surface area contributed by atoms with Crippen molar-refractivity contribution in [2.24, 2.45) is 0 Å². The van der Waals surface area contributed by atoms with Crippen molar-refractivity contribution in [2.75, 3.05) is 32.1 Å². The Bertz CT molecular complexity index is 1040. The van der Waals surface area contributed by atoms with Crippen molar-refractivity contribution in [1.29, 1.82) is 0 Å². The van der Waals surface area contributed by atoms with Crippen molar-refractivity contribution in [1.82, 2.24) is 19.5 Å². The molecule has 1 atom stereocenters. The summed E-state index contributed by atoms with van der Waals surface area (Å²) in [5.74, 6) is 3.24. The molecule has 2 aromatic heterocycles. The van der Waals surface area contributed by atoms with E-state index in [1.54, 1.807) is 0 Å². The van der Waals surface area contributed by atoms with E-state index in [4.69, 9.17) is 9.47 Å². The average Bonchev–Trinajstić information content (AvgIpc) is 3.21. The Balaban J connectivity index is 1.23. The second kappa shape index (κ2) is 7.94. The molecule has 1 unspecified atom stereocenters. The van der Waals surface area contributed by atoms with Crippen molar-refractivity contribution in [3.8, 4) is 11.5 Å². The summed E-state index contributed by atoms with van der Waals surface area (Å²) in [6.07, 6.45) is 3.99. The molecule has 0 N–H and O–H groups in total. The summed E-state index contributed by atoms with van der Waals surface area (Å²) >= 11 is 1.54. The topological polar surface area (TPSA) is 69.0 Å². The van der Waals surface area contributed by atoms with Gasteiger partial charge in [-0.05, 0) is 43.2 Å². The summed E-state index contributed by atoms with van der Waals surface area (Å²) in [6, 6.07) is 11.7. The molecule has 1 fully saturated rings. The zero-order valence-electron chi connectivity index (χ0n) is 16.0. The van der Waals surface area contributed by atoms with Crippen molar-refractivity contribution < 1.29 is 14.3 Å². The molecule has 2 aliphatic rings. The zero-order chi connectivity index (χ0) is 19.6. The maximum absolute atomic E-state index is 12.8. The van der Waals surface area contributed by atoms with E-state index >= 15 is 0 Å². The first-order valence-corrected chi connectivity index (χ1v) is 10.9. The van der Waals surface area contributed by atoms with Crippen LogP contribution in [0.4, 0.5) is 0 Å². The summed E-state index contributed by atoms with van der Waals surface area (Å²) in [4.78, 5) is 15.8. The van der Waals surface area contributed by atoms with Crippen molar-refractivity contribution in [3.05, 3.63) is 48.4 Å². The van der Waals surface area contributed by atoms with Crippen LogP contribution in [-0.4, -0.2) is 57.5 Å². The molecule has 0 spiro atoms. The number of pyridine rings is 1. The fourth-order valence-electron chi connectivity index (χ4n) is 3.90. The van der Waals surface area contributed by atoms with E-state index in [0.29, 0.717) is 25.5 Å². The number of likely N-dealkylation sites (tertiary alicyclic amines) is 1. The van der Waals surface area contributed by atoms with Crippen LogP contribution in [0.3, 0.4) is 0 Å². The van der Waals surface area contributed by atoms with Crippen LogP contribution < -0.4 is 9.47 Å². The zero-order valence-corrected chi connectivity index (χ0v) is 16.8. The number of thioether (sulfide) groups is 1. The van der Waals surface area contributed by atoms with E-state index in [1.165, 1.54) is 11.8 Å². The molecule has 0 saturated carbocycles. The minimum absolute atomic E-state index is 0.156. The summed E-state index contributed by atoms with van der Waals surface area (Å²) in [7, 11) is 0. The van der Waals surface area contributed by atoms with Gasteiger partial charge in [0, 0.05) is 30.1 Å². The highest BCUT2D eigenvalue weighted by Gasteiger charge is 2.28. The summed E-state index contributed by atoms with van der Waals surface area (Å²) in [5, 5.41) is 8.65. The second-order valence-electron chi connectivity index (χ2n) is 7.26. The predicted octanol–water partition coefficient (Wildman–Crippen LogP) is 3.00. The van der Waals surface area contributed by atoms with Crippen LogP contribution in [0, 0.1) is 0 Å². The van der Waals surface area contributed by atoms with Crippen molar-refractivity contribution >= 4 is 23.3 Å².